The molecule has 1 amide bonds. The van der Waals surface area contributed by atoms with Crippen molar-refractivity contribution in [1.82, 2.24) is 25.3 Å². The van der Waals surface area contributed by atoms with Crippen LogP contribution in [0, 0.1) is 11.6 Å². The highest BCUT2D eigenvalue weighted by molar-refractivity contribution is 5.91. The van der Waals surface area contributed by atoms with Crippen molar-refractivity contribution in [3.05, 3.63) is 65.6 Å². The van der Waals surface area contributed by atoms with Crippen molar-refractivity contribution in [2.75, 3.05) is 6.54 Å². The van der Waals surface area contributed by atoms with Crippen molar-refractivity contribution < 1.29 is 18.3 Å². The van der Waals surface area contributed by atoms with Crippen LogP contribution >= 0.6 is 0 Å². The van der Waals surface area contributed by atoms with Gasteiger partial charge in [-0.25, -0.2) is 13.8 Å². The minimum absolute atomic E-state index is 0.0879. The molecule has 0 radical (unpaired) electrons. The Balaban J connectivity index is 1.68. The van der Waals surface area contributed by atoms with Gasteiger partial charge >= 0.3 is 0 Å². The maximum Gasteiger partial charge on any atom is 0.273 e. The molecule has 0 bridgehead atoms. The van der Waals surface area contributed by atoms with E-state index in [0.717, 1.165) is 12.1 Å². The molecule has 0 saturated heterocycles. The fourth-order valence-electron chi connectivity index (χ4n) is 2.21. The lowest BCUT2D eigenvalue weighted by atomic mass is 10.2. The number of hydrogen-bond donors (Lipinski definition) is 2. The molecule has 0 aliphatic rings. The van der Waals surface area contributed by atoms with Crippen LogP contribution in [0.3, 0.4) is 0 Å². The third kappa shape index (κ3) is 4.61. The number of pyridine rings is 1. The first kappa shape index (κ1) is 18.4. The Morgan fingerprint density at radius 2 is 2.11 bits per heavy atom. The molecule has 27 heavy (non-hydrogen) atoms. The summed E-state index contributed by atoms with van der Waals surface area (Å²) in [5.74, 6) is -2.18. The molecule has 3 aromatic rings. The van der Waals surface area contributed by atoms with Gasteiger partial charge in [-0.1, -0.05) is 11.3 Å². The van der Waals surface area contributed by atoms with Crippen LogP contribution in [0.4, 0.5) is 8.78 Å². The summed E-state index contributed by atoms with van der Waals surface area (Å²) in [6.07, 6.45) is 2.98. The first-order valence-electron chi connectivity index (χ1n) is 8.02. The van der Waals surface area contributed by atoms with Gasteiger partial charge in [0.15, 0.2) is 17.3 Å². The number of rotatable bonds is 7. The number of ether oxygens (including phenoxy) is 1. The summed E-state index contributed by atoms with van der Waals surface area (Å²) in [6.45, 7) is 0.926. The maximum absolute atomic E-state index is 13.3. The van der Waals surface area contributed by atoms with Gasteiger partial charge in [0.05, 0.1) is 12.7 Å². The monoisotopic (exact) mass is 374 g/mol. The van der Waals surface area contributed by atoms with Crippen molar-refractivity contribution in [2.45, 2.75) is 13.1 Å². The van der Waals surface area contributed by atoms with Crippen LogP contribution < -0.4 is 15.8 Å². The molecule has 2 aromatic heterocycles. The number of halogens is 2. The summed E-state index contributed by atoms with van der Waals surface area (Å²) >= 11 is 0. The minimum atomic E-state index is -1.03. The Morgan fingerprint density at radius 1 is 1.26 bits per heavy atom. The van der Waals surface area contributed by atoms with E-state index in [9.17, 15) is 13.6 Å². The van der Waals surface area contributed by atoms with Gasteiger partial charge in [-0.2, -0.15) is 0 Å². The van der Waals surface area contributed by atoms with Gasteiger partial charge in [-0.3, -0.25) is 9.48 Å². The number of hydrogen-bond acceptors (Lipinski definition) is 6. The number of nitrogens with two attached hydrogens (primary N) is 1. The van der Waals surface area contributed by atoms with E-state index in [0.29, 0.717) is 18.7 Å². The summed E-state index contributed by atoms with van der Waals surface area (Å²) in [4.78, 5) is 16.2. The van der Waals surface area contributed by atoms with E-state index >= 15 is 0 Å². The average molecular weight is 374 g/mol. The number of nitrogens with one attached hydrogen (secondary N) is 1. The summed E-state index contributed by atoms with van der Waals surface area (Å²) in [5, 5.41) is 10.2. The highest BCUT2D eigenvalue weighted by Crippen LogP contribution is 2.24. The molecule has 0 fully saturated rings. The zero-order valence-corrected chi connectivity index (χ0v) is 14.1. The predicted molar refractivity (Wildman–Crippen MR) is 90.9 cm³/mol. The third-order valence-corrected chi connectivity index (χ3v) is 3.52. The molecule has 0 saturated carbocycles. The Hall–Kier alpha value is -3.40. The minimum Gasteiger partial charge on any atom is -0.439 e. The van der Waals surface area contributed by atoms with Gasteiger partial charge < -0.3 is 15.8 Å². The van der Waals surface area contributed by atoms with Crippen molar-refractivity contribution in [2.24, 2.45) is 5.73 Å². The largest absolute Gasteiger partial charge is 0.439 e. The van der Waals surface area contributed by atoms with Gasteiger partial charge in [-0.15, -0.1) is 5.10 Å². The summed E-state index contributed by atoms with van der Waals surface area (Å²) < 4.78 is 33.3. The second kappa shape index (κ2) is 8.32. The number of carbonyl (C=O) groups is 1. The molecule has 8 nitrogen and oxygen atoms in total. The fourth-order valence-corrected chi connectivity index (χ4v) is 2.21. The van der Waals surface area contributed by atoms with E-state index < -0.39 is 17.5 Å². The van der Waals surface area contributed by atoms with Crippen LogP contribution in [-0.4, -0.2) is 32.4 Å². The maximum atomic E-state index is 13.3. The molecule has 2 heterocycles. The highest BCUT2D eigenvalue weighted by Gasteiger charge is 2.13. The third-order valence-electron chi connectivity index (χ3n) is 3.52. The summed E-state index contributed by atoms with van der Waals surface area (Å²) in [6, 6.07) is 6.51. The van der Waals surface area contributed by atoms with Gasteiger partial charge in [0.25, 0.3) is 5.91 Å². The quantitative estimate of drug-likeness (QED) is 0.651. The zero-order chi connectivity index (χ0) is 19.2. The number of nitrogens with zero attached hydrogens (tertiary/aromatic N) is 4. The van der Waals surface area contributed by atoms with E-state index in [2.05, 4.69) is 20.6 Å². The number of carbonyl (C=O) groups excluding carboxylic acids is 1. The van der Waals surface area contributed by atoms with Crippen molar-refractivity contribution in [3.63, 3.8) is 0 Å². The zero-order valence-electron chi connectivity index (χ0n) is 14.1. The average Bonchev–Trinajstić information content (AvgIpc) is 3.13. The Labute approximate surface area is 153 Å². The van der Waals surface area contributed by atoms with Crippen LogP contribution in [0.15, 0.2) is 42.7 Å². The summed E-state index contributed by atoms with van der Waals surface area (Å²) in [5.41, 5.74) is 6.12. The normalized spacial score (nSPS) is 10.6. The molecule has 0 atom stereocenters. The molecule has 10 heteroatoms. The Bertz CT molecular complexity index is 947. The first-order chi connectivity index (χ1) is 13.1. The van der Waals surface area contributed by atoms with Gasteiger partial charge in [0.2, 0.25) is 5.88 Å². The fraction of sp³-hybridized carbons (Fsp3) is 0.176. The van der Waals surface area contributed by atoms with Crippen molar-refractivity contribution >= 4 is 5.91 Å². The smallest absolute Gasteiger partial charge is 0.273 e. The van der Waals surface area contributed by atoms with Crippen LogP contribution in [0.5, 0.6) is 11.6 Å². The van der Waals surface area contributed by atoms with E-state index in [1.54, 1.807) is 12.1 Å². The lowest BCUT2D eigenvalue weighted by Gasteiger charge is -2.10. The second-order valence-electron chi connectivity index (χ2n) is 5.48. The van der Waals surface area contributed by atoms with Crippen LogP contribution in [0.1, 0.15) is 16.1 Å². The van der Waals surface area contributed by atoms with E-state index in [1.807, 2.05) is 0 Å². The topological polar surface area (TPSA) is 108 Å². The number of benzene rings is 1. The lowest BCUT2D eigenvalue weighted by molar-refractivity contribution is 0.0945. The molecule has 3 rings (SSSR count). The number of aromatic nitrogens is 4. The van der Waals surface area contributed by atoms with Gasteiger partial charge in [0, 0.05) is 30.9 Å². The molecule has 0 aliphatic heterocycles. The van der Waals surface area contributed by atoms with Crippen LogP contribution in [0.25, 0.3) is 0 Å². The van der Waals surface area contributed by atoms with Gasteiger partial charge in [-0.05, 0) is 18.2 Å². The molecule has 140 valence electrons. The van der Waals surface area contributed by atoms with Gasteiger partial charge in [0.1, 0.15) is 5.75 Å². The number of amides is 1. The molecule has 3 N–H and O–H groups in total. The predicted octanol–water partition coefficient (Wildman–Crippen LogP) is 1.63. The second-order valence-corrected chi connectivity index (χ2v) is 5.48. The van der Waals surface area contributed by atoms with Crippen LogP contribution in [-0.2, 0) is 13.1 Å². The summed E-state index contributed by atoms with van der Waals surface area (Å²) in [7, 11) is 0. The Morgan fingerprint density at radius 3 is 2.89 bits per heavy atom. The molecular weight excluding hydrogens is 358 g/mol. The molecule has 0 unspecified atom stereocenters. The SMILES string of the molecule is NCCn1cc(C(=O)NCc2cccnc2Oc2ccc(F)c(F)c2)nn1. The molecular formula is C17H16F2N6O2. The first-order valence-corrected chi connectivity index (χ1v) is 8.02. The molecule has 0 aliphatic carbocycles. The van der Waals surface area contributed by atoms with E-state index in [4.69, 9.17) is 10.5 Å². The van der Waals surface area contributed by atoms with Crippen molar-refractivity contribution in [3.8, 4) is 11.6 Å². The molecule has 0 spiro atoms. The van der Waals surface area contributed by atoms with E-state index in [-0.39, 0.29) is 23.9 Å². The van der Waals surface area contributed by atoms with E-state index in [1.165, 1.54) is 23.1 Å². The lowest BCUT2D eigenvalue weighted by Crippen LogP contribution is -2.23. The van der Waals surface area contributed by atoms with Crippen molar-refractivity contribution in [1.29, 1.82) is 0 Å². The molecule has 1 aromatic carbocycles. The highest BCUT2D eigenvalue weighted by atomic mass is 19.2. The standard InChI is InChI=1S/C17H16F2N6O2/c18-13-4-3-12(8-14(13)19)27-17-11(2-1-6-21-17)9-22-16(26)15-10-25(7-5-20)24-23-15/h1-4,6,8,10H,5,7,9,20H2,(H,22,26). The Kier molecular flexibility index (Phi) is 5.67. The van der Waals surface area contributed by atoms with Crippen LogP contribution in [0.2, 0.25) is 0 Å².